The minimum Gasteiger partial charge on any atom is -0.356 e. The first-order chi connectivity index (χ1) is 11.9. The van der Waals surface area contributed by atoms with Gasteiger partial charge in [0.2, 0.25) is 0 Å². The van der Waals surface area contributed by atoms with Gasteiger partial charge in [-0.15, -0.1) is 11.3 Å². The van der Waals surface area contributed by atoms with Gasteiger partial charge < -0.3 is 10.2 Å². The molecule has 1 aromatic heterocycles. The summed E-state index contributed by atoms with van der Waals surface area (Å²) in [4.78, 5) is 10.2. The number of guanidine groups is 1. The summed E-state index contributed by atoms with van der Waals surface area (Å²) in [5.74, 6) is 0.783. The van der Waals surface area contributed by atoms with Gasteiger partial charge in [0.25, 0.3) is 0 Å². The first-order valence-corrected chi connectivity index (χ1v) is 9.97. The Morgan fingerprint density at radius 3 is 2.52 bits per heavy atom. The number of unbranched alkanes of at least 4 members (excludes halogenated alkanes) is 1. The van der Waals surface area contributed by atoms with Gasteiger partial charge in [0.05, 0.1) is 3.79 Å². The van der Waals surface area contributed by atoms with Crippen LogP contribution in [0.2, 0.25) is 0 Å². The fourth-order valence-electron chi connectivity index (χ4n) is 2.76. The van der Waals surface area contributed by atoms with E-state index in [1.807, 2.05) is 0 Å². The van der Waals surface area contributed by atoms with Gasteiger partial charge in [-0.1, -0.05) is 0 Å². The summed E-state index contributed by atoms with van der Waals surface area (Å²) in [6.07, 6.45) is -4.13. The molecule has 2 rings (SSSR count). The standard InChI is InChI=1S/C16H24BrF3N4S/c1-21-15(22-7-3-2-6-16(18,19)20)24-10-8-23(9-11-24)12-13-4-5-14(17)25-13/h4-5H,2-3,6-12H2,1H3,(H,21,22). The molecule has 9 heteroatoms. The van der Waals surface area contributed by atoms with Gasteiger partial charge in [-0.3, -0.25) is 9.89 Å². The predicted octanol–water partition coefficient (Wildman–Crippen LogP) is 3.94. The van der Waals surface area contributed by atoms with Gasteiger partial charge in [0.15, 0.2) is 5.96 Å². The van der Waals surface area contributed by atoms with Gasteiger partial charge in [-0.2, -0.15) is 13.2 Å². The van der Waals surface area contributed by atoms with Crippen molar-refractivity contribution in [3.8, 4) is 0 Å². The normalized spacial score (nSPS) is 17.2. The van der Waals surface area contributed by atoms with E-state index >= 15 is 0 Å². The van der Waals surface area contributed by atoms with Crippen LogP contribution in [-0.4, -0.2) is 61.7 Å². The number of hydrogen-bond acceptors (Lipinski definition) is 3. The maximum absolute atomic E-state index is 12.1. The van der Waals surface area contributed by atoms with Crippen LogP contribution in [0.15, 0.2) is 20.9 Å². The number of nitrogens with zero attached hydrogens (tertiary/aromatic N) is 3. The van der Waals surface area contributed by atoms with E-state index in [1.165, 1.54) is 4.88 Å². The van der Waals surface area contributed by atoms with Crippen LogP contribution in [-0.2, 0) is 6.54 Å². The lowest BCUT2D eigenvalue weighted by Crippen LogP contribution is -2.52. The number of hydrogen-bond donors (Lipinski definition) is 1. The Kier molecular flexibility index (Phi) is 8.02. The SMILES string of the molecule is CN=C(NCCCCC(F)(F)F)N1CCN(Cc2ccc(Br)s2)CC1. The molecule has 1 aliphatic rings. The van der Waals surface area contributed by atoms with Crippen LogP contribution < -0.4 is 5.32 Å². The summed E-state index contributed by atoms with van der Waals surface area (Å²) in [6, 6.07) is 4.21. The first-order valence-electron chi connectivity index (χ1n) is 8.36. The average Bonchev–Trinajstić information content (AvgIpc) is 2.96. The maximum atomic E-state index is 12.1. The smallest absolute Gasteiger partial charge is 0.356 e. The quantitative estimate of drug-likeness (QED) is 0.412. The Labute approximate surface area is 159 Å². The molecule has 0 bridgehead atoms. The third-order valence-corrected chi connectivity index (χ3v) is 5.67. The van der Waals surface area contributed by atoms with E-state index in [-0.39, 0.29) is 6.42 Å². The highest BCUT2D eigenvalue weighted by atomic mass is 79.9. The van der Waals surface area contributed by atoms with Crippen molar-refractivity contribution in [3.63, 3.8) is 0 Å². The third kappa shape index (κ3) is 7.53. The molecule has 1 aliphatic heterocycles. The Bertz CT molecular complexity index is 554. The van der Waals surface area contributed by atoms with Crippen LogP contribution in [0, 0.1) is 0 Å². The van der Waals surface area contributed by atoms with Crippen LogP contribution >= 0.6 is 27.3 Å². The van der Waals surface area contributed by atoms with Crippen LogP contribution in [0.3, 0.4) is 0 Å². The molecular formula is C16H24BrF3N4S. The fraction of sp³-hybridized carbons (Fsp3) is 0.688. The lowest BCUT2D eigenvalue weighted by Gasteiger charge is -2.36. The zero-order chi connectivity index (χ0) is 18.3. The second-order valence-electron chi connectivity index (χ2n) is 6.02. The van der Waals surface area contributed by atoms with Crippen LogP contribution in [0.5, 0.6) is 0 Å². The van der Waals surface area contributed by atoms with E-state index in [1.54, 1.807) is 18.4 Å². The lowest BCUT2D eigenvalue weighted by atomic mass is 10.2. The van der Waals surface area contributed by atoms with Crippen molar-refractivity contribution in [2.24, 2.45) is 4.99 Å². The van der Waals surface area contributed by atoms with E-state index < -0.39 is 12.6 Å². The number of aliphatic imine (C=N–C) groups is 1. The Balaban J connectivity index is 1.67. The minimum absolute atomic E-state index is 0.150. The molecule has 1 N–H and O–H groups in total. The highest BCUT2D eigenvalue weighted by Crippen LogP contribution is 2.24. The van der Waals surface area contributed by atoms with E-state index in [0.717, 1.165) is 42.5 Å². The largest absolute Gasteiger partial charge is 0.389 e. The molecular weight excluding hydrogens is 417 g/mol. The average molecular weight is 441 g/mol. The van der Waals surface area contributed by atoms with E-state index in [9.17, 15) is 13.2 Å². The van der Waals surface area contributed by atoms with Crippen molar-refractivity contribution < 1.29 is 13.2 Å². The minimum atomic E-state index is -4.06. The van der Waals surface area contributed by atoms with E-state index in [2.05, 4.69) is 48.2 Å². The Hall–Kier alpha value is -0.800. The summed E-state index contributed by atoms with van der Waals surface area (Å²) in [5.41, 5.74) is 0. The van der Waals surface area contributed by atoms with Gasteiger partial charge in [-0.05, 0) is 40.9 Å². The molecule has 4 nitrogen and oxygen atoms in total. The molecule has 1 saturated heterocycles. The van der Waals surface area contributed by atoms with Gasteiger partial charge in [0.1, 0.15) is 0 Å². The molecule has 0 spiro atoms. The van der Waals surface area contributed by atoms with Gasteiger partial charge in [0, 0.05) is 57.6 Å². The molecule has 0 unspecified atom stereocenters. The van der Waals surface area contributed by atoms with Crippen molar-refractivity contribution in [3.05, 3.63) is 20.8 Å². The third-order valence-electron chi connectivity index (χ3n) is 4.06. The summed E-state index contributed by atoms with van der Waals surface area (Å²) in [7, 11) is 1.72. The number of alkyl halides is 3. The fourth-order valence-corrected chi connectivity index (χ4v) is 4.28. The molecule has 25 heavy (non-hydrogen) atoms. The molecule has 2 heterocycles. The van der Waals surface area contributed by atoms with Gasteiger partial charge in [-0.25, -0.2) is 0 Å². The summed E-state index contributed by atoms with van der Waals surface area (Å²) < 4.78 is 37.6. The molecule has 0 aromatic carbocycles. The topological polar surface area (TPSA) is 30.9 Å². The molecule has 0 atom stereocenters. The molecule has 142 valence electrons. The van der Waals surface area contributed by atoms with Crippen molar-refractivity contribution in [1.82, 2.24) is 15.1 Å². The molecule has 1 aromatic rings. The summed E-state index contributed by atoms with van der Waals surface area (Å²) in [5, 5.41) is 3.18. The number of piperazine rings is 1. The summed E-state index contributed by atoms with van der Waals surface area (Å²) in [6.45, 7) is 5.11. The van der Waals surface area contributed by atoms with Crippen LogP contribution in [0.25, 0.3) is 0 Å². The van der Waals surface area contributed by atoms with Crippen LogP contribution in [0.4, 0.5) is 13.2 Å². The second kappa shape index (κ2) is 9.78. The molecule has 0 aliphatic carbocycles. The number of halogens is 4. The lowest BCUT2D eigenvalue weighted by molar-refractivity contribution is -0.135. The zero-order valence-electron chi connectivity index (χ0n) is 14.3. The zero-order valence-corrected chi connectivity index (χ0v) is 16.7. The Morgan fingerprint density at radius 2 is 1.96 bits per heavy atom. The predicted molar refractivity (Wildman–Crippen MR) is 100 cm³/mol. The van der Waals surface area contributed by atoms with Gasteiger partial charge >= 0.3 is 6.18 Å². The maximum Gasteiger partial charge on any atom is 0.389 e. The van der Waals surface area contributed by atoms with E-state index in [4.69, 9.17) is 0 Å². The highest BCUT2D eigenvalue weighted by Gasteiger charge is 2.26. The molecule has 1 fully saturated rings. The summed E-state index contributed by atoms with van der Waals surface area (Å²) >= 11 is 5.24. The highest BCUT2D eigenvalue weighted by molar-refractivity contribution is 9.11. The van der Waals surface area contributed by atoms with Crippen molar-refractivity contribution in [2.45, 2.75) is 32.0 Å². The number of nitrogens with one attached hydrogen (secondary N) is 1. The monoisotopic (exact) mass is 440 g/mol. The number of thiophene rings is 1. The Morgan fingerprint density at radius 1 is 1.24 bits per heavy atom. The second-order valence-corrected chi connectivity index (χ2v) is 8.56. The molecule has 0 amide bonds. The van der Waals surface area contributed by atoms with E-state index in [0.29, 0.717) is 13.0 Å². The van der Waals surface area contributed by atoms with Crippen molar-refractivity contribution in [2.75, 3.05) is 39.8 Å². The molecule has 0 radical (unpaired) electrons. The number of rotatable bonds is 6. The molecule has 0 saturated carbocycles. The van der Waals surface area contributed by atoms with Crippen molar-refractivity contribution in [1.29, 1.82) is 0 Å². The van der Waals surface area contributed by atoms with Crippen LogP contribution in [0.1, 0.15) is 24.1 Å². The first kappa shape index (κ1) is 20.5. The van der Waals surface area contributed by atoms with Crippen molar-refractivity contribution >= 4 is 33.2 Å².